The SMILES string of the molecule is CCC(NC(=O)COC)c1ccc(Cl)cc1. The summed E-state index contributed by atoms with van der Waals surface area (Å²) in [5.41, 5.74) is 1.05. The van der Waals surface area contributed by atoms with Gasteiger partial charge in [0.25, 0.3) is 0 Å². The number of methoxy groups -OCH3 is 1. The average molecular weight is 242 g/mol. The zero-order valence-corrected chi connectivity index (χ0v) is 10.3. The van der Waals surface area contributed by atoms with Gasteiger partial charge in [-0.25, -0.2) is 0 Å². The van der Waals surface area contributed by atoms with Crippen molar-refractivity contribution in [3.63, 3.8) is 0 Å². The number of nitrogens with one attached hydrogen (secondary N) is 1. The highest BCUT2D eigenvalue weighted by molar-refractivity contribution is 6.30. The summed E-state index contributed by atoms with van der Waals surface area (Å²) < 4.78 is 4.77. The summed E-state index contributed by atoms with van der Waals surface area (Å²) in [4.78, 5) is 11.4. The predicted octanol–water partition coefficient (Wildman–Crippen LogP) is 2.55. The molecule has 0 aliphatic carbocycles. The maximum atomic E-state index is 11.4. The van der Waals surface area contributed by atoms with Crippen LogP contribution in [0, 0.1) is 0 Å². The fourth-order valence-corrected chi connectivity index (χ4v) is 1.61. The molecular formula is C12H16ClNO2. The van der Waals surface area contributed by atoms with Crippen molar-refractivity contribution in [2.45, 2.75) is 19.4 Å². The minimum absolute atomic E-state index is 0.0138. The van der Waals surface area contributed by atoms with Gasteiger partial charge in [-0.3, -0.25) is 4.79 Å². The van der Waals surface area contributed by atoms with Crippen LogP contribution in [0.1, 0.15) is 24.9 Å². The summed E-state index contributed by atoms with van der Waals surface area (Å²) in [7, 11) is 1.50. The quantitative estimate of drug-likeness (QED) is 0.861. The van der Waals surface area contributed by atoms with Gasteiger partial charge in [0.15, 0.2) is 0 Å². The molecular weight excluding hydrogens is 226 g/mol. The van der Waals surface area contributed by atoms with Crippen molar-refractivity contribution >= 4 is 17.5 Å². The number of amides is 1. The number of rotatable bonds is 5. The summed E-state index contributed by atoms with van der Waals surface area (Å²) in [6.45, 7) is 2.11. The van der Waals surface area contributed by atoms with Gasteiger partial charge in [0.1, 0.15) is 6.61 Å². The minimum atomic E-state index is -0.107. The highest BCUT2D eigenvalue weighted by Crippen LogP contribution is 2.18. The Morgan fingerprint density at radius 1 is 1.44 bits per heavy atom. The molecule has 1 amide bonds. The van der Waals surface area contributed by atoms with Crippen LogP contribution in [0.25, 0.3) is 0 Å². The van der Waals surface area contributed by atoms with E-state index in [0.29, 0.717) is 5.02 Å². The Balaban J connectivity index is 2.67. The molecule has 1 atom stereocenters. The van der Waals surface area contributed by atoms with E-state index in [9.17, 15) is 4.79 Å². The number of ether oxygens (including phenoxy) is 1. The lowest BCUT2D eigenvalue weighted by atomic mass is 10.0. The largest absolute Gasteiger partial charge is 0.375 e. The number of hydrogen-bond acceptors (Lipinski definition) is 2. The molecule has 1 rings (SSSR count). The van der Waals surface area contributed by atoms with Crippen LogP contribution in [0.15, 0.2) is 24.3 Å². The van der Waals surface area contributed by atoms with Gasteiger partial charge in [-0.1, -0.05) is 30.7 Å². The van der Waals surface area contributed by atoms with E-state index in [-0.39, 0.29) is 18.6 Å². The van der Waals surface area contributed by atoms with E-state index >= 15 is 0 Å². The lowest BCUT2D eigenvalue weighted by Crippen LogP contribution is -2.31. The predicted molar refractivity (Wildman–Crippen MR) is 64.5 cm³/mol. The fourth-order valence-electron chi connectivity index (χ4n) is 1.48. The highest BCUT2D eigenvalue weighted by atomic mass is 35.5. The van der Waals surface area contributed by atoms with Crippen molar-refractivity contribution in [3.05, 3.63) is 34.9 Å². The Labute approximate surface area is 101 Å². The van der Waals surface area contributed by atoms with Crippen LogP contribution >= 0.6 is 11.6 Å². The number of hydrogen-bond donors (Lipinski definition) is 1. The number of benzene rings is 1. The van der Waals surface area contributed by atoms with Gasteiger partial charge in [0.05, 0.1) is 6.04 Å². The second kappa shape index (κ2) is 6.51. The molecule has 1 unspecified atom stereocenters. The molecule has 0 aromatic heterocycles. The molecule has 1 N–H and O–H groups in total. The Hall–Kier alpha value is -1.06. The molecule has 88 valence electrons. The fraction of sp³-hybridized carbons (Fsp3) is 0.417. The van der Waals surface area contributed by atoms with Crippen LogP contribution in [0.2, 0.25) is 5.02 Å². The third-order valence-corrected chi connectivity index (χ3v) is 2.54. The highest BCUT2D eigenvalue weighted by Gasteiger charge is 2.11. The maximum Gasteiger partial charge on any atom is 0.246 e. The average Bonchev–Trinajstić information content (AvgIpc) is 2.27. The molecule has 16 heavy (non-hydrogen) atoms. The third kappa shape index (κ3) is 3.83. The normalized spacial score (nSPS) is 12.2. The first kappa shape index (κ1) is 13.0. The topological polar surface area (TPSA) is 38.3 Å². The van der Waals surface area contributed by atoms with Crippen LogP contribution in [0.3, 0.4) is 0 Å². The summed E-state index contributed by atoms with van der Waals surface area (Å²) in [5.74, 6) is -0.107. The zero-order chi connectivity index (χ0) is 12.0. The van der Waals surface area contributed by atoms with Gasteiger partial charge >= 0.3 is 0 Å². The molecule has 4 heteroatoms. The standard InChI is InChI=1S/C12H16ClNO2/c1-3-11(14-12(15)8-16-2)9-4-6-10(13)7-5-9/h4-7,11H,3,8H2,1-2H3,(H,14,15). The first-order chi connectivity index (χ1) is 7.67. The van der Waals surface area contributed by atoms with Gasteiger partial charge in [0.2, 0.25) is 5.91 Å². The lowest BCUT2D eigenvalue weighted by Gasteiger charge is -2.17. The summed E-state index contributed by atoms with van der Waals surface area (Å²) >= 11 is 5.81. The van der Waals surface area contributed by atoms with E-state index in [0.717, 1.165) is 12.0 Å². The number of carbonyl (C=O) groups is 1. The molecule has 1 aromatic carbocycles. The Morgan fingerprint density at radius 2 is 2.06 bits per heavy atom. The van der Waals surface area contributed by atoms with Crippen molar-refractivity contribution in [3.8, 4) is 0 Å². The zero-order valence-electron chi connectivity index (χ0n) is 9.50. The van der Waals surface area contributed by atoms with E-state index < -0.39 is 0 Å². The molecule has 0 bridgehead atoms. The van der Waals surface area contributed by atoms with Gasteiger partial charge in [-0.05, 0) is 24.1 Å². The van der Waals surface area contributed by atoms with Gasteiger partial charge in [-0.2, -0.15) is 0 Å². The van der Waals surface area contributed by atoms with Crippen molar-refractivity contribution < 1.29 is 9.53 Å². The Kier molecular flexibility index (Phi) is 5.29. The number of carbonyl (C=O) groups excluding carboxylic acids is 1. The van der Waals surface area contributed by atoms with E-state index in [1.165, 1.54) is 7.11 Å². The van der Waals surface area contributed by atoms with Crippen LogP contribution < -0.4 is 5.32 Å². The Morgan fingerprint density at radius 3 is 2.56 bits per heavy atom. The second-order valence-corrected chi connectivity index (χ2v) is 3.95. The molecule has 0 heterocycles. The molecule has 0 aliphatic heterocycles. The van der Waals surface area contributed by atoms with Crippen molar-refractivity contribution in [2.24, 2.45) is 0 Å². The molecule has 1 aromatic rings. The maximum absolute atomic E-state index is 11.4. The number of halogens is 1. The first-order valence-electron chi connectivity index (χ1n) is 5.21. The molecule has 0 spiro atoms. The molecule has 0 fully saturated rings. The van der Waals surface area contributed by atoms with Crippen molar-refractivity contribution in [1.29, 1.82) is 0 Å². The Bertz CT molecular complexity index is 337. The van der Waals surface area contributed by atoms with Crippen LogP contribution in [0.4, 0.5) is 0 Å². The first-order valence-corrected chi connectivity index (χ1v) is 5.59. The van der Waals surface area contributed by atoms with Crippen LogP contribution in [0.5, 0.6) is 0 Å². The van der Waals surface area contributed by atoms with Crippen LogP contribution in [-0.4, -0.2) is 19.6 Å². The minimum Gasteiger partial charge on any atom is -0.375 e. The van der Waals surface area contributed by atoms with Gasteiger partial charge < -0.3 is 10.1 Å². The molecule has 0 saturated carbocycles. The summed E-state index contributed by atoms with van der Waals surface area (Å²) in [5, 5.41) is 3.59. The van der Waals surface area contributed by atoms with E-state index in [4.69, 9.17) is 16.3 Å². The lowest BCUT2D eigenvalue weighted by molar-refractivity contribution is -0.125. The van der Waals surface area contributed by atoms with Crippen molar-refractivity contribution in [2.75, 3.05) is 13.7 Å². The van der Waals surface area contributed by atoms with Gasteiger partial charge in [0, 0.05) is 12.1 Å². The third-order valence-electron chi connectivity index (χ3n) is 2.29. The molecule has 0 saturated heterocycles. The van der Waals surface area contributed by atoms with E-state index in [1.54, 1.807) is 0 Å². The van der Waals surface area contributed by atoms with Gasteiger partial charge in [-0.15, -0.1) is 0 Å². The van der Waals surface area contributed by atoms with Crippen LogP contribution in [-0.2, 0) is 9.53 Å². The monoisotopic (exact) mass is 241 g/mol. The van der Waals surface area contributed by atoms with Crippen molar-refractivity contribution in [1.82, 2.24) is 5.32 Å². The smallest absolute Gasteiger partial charge is 0.246 e. The molecule has 0 radical (unpaired) electrons. The molecule has 3 nitrogen and oxygen atoms in total. The second-order valence-electron chi connectivity index (χ2n) is 3.51. The van der Waals surface area contributed by atoms with E-state index in [1.807, 2.05) is 31.2 Å². The molecule has 0 aliphatic rings. The van der Waals surface area contributed by atoms with E-state index in [2.05, 4.69) is 5.32 Å². The summed E-state index contributed by atoms with van der Waals surface area (Å²) in [6, 6.07) is 7.50. The summed E-state index contributed by atoms with van der Waals surface area (Å²) in [6.07, 6.45) is 0.830.